The molecule has 32 heavy (non-hydrogen) atoms. The zero-order valence-corrected chi connectivity index (χ0v) is 19.3. The highest BCUT2D eigenvalue weighted by atomic mass is 19.4. The molecule has 2 N–H and O–H groups in total. The van der Waals surface area contributed by atoms with Crippen molar-refractivity contribution in [2.75, 3.05) is 29.9 Å². The van der Waals surface area contributed by atoms with Crippen molar-refractivity contribution >= 4 is 17.5 Å². The number of halogens is 3. The van der Waals surface area contributed by atoms with Crippen molar-refractivity contribution in [1.29, 1.82) is 0 Å². The number of hydrogen-bond donors (Lipinski definition) is 2. The highest BCUT2D eigenvalue weighted by Crippen LogP contribution is 2.35. The first-order valence-electron chi connectivity index (χ1n) is 11.6. The lowest BCUT2D eigenvalue weighted by atomic mass is 9.86. The maximum Gasteiger partial charge on any atom is 0.407 e. The van der Waals surface area contributed by atoms with E-state index in [-0.39, 0.29) is 25.0 Å². The highest BCUT2D eigenvalue weighted by molar-refractivity contribution is 5.68. The van der Waals surface area contributed by atoms with Gasteiger partial charge in [0.25, 0.3) is 0 Å². The van der Waals surface area contributed by atoms with Crippen LogP contribution in [0.3, 0.4) is 0 Å². The van der Waals surface area contributed by atoms with Gasteiger partial charge in [-0.05, 0) is 89.5 Å². The van der Waals surface area contributed by atoms with E-state index in [1.54, 1.807) is 0 Å². The van der Waals surface area contributed by atoms with Crippen molar-refractivity contribution in [3.63, 3.8) is 0 Å². The first-order chi connectivity index (χ1) is 15.0. The third kappa shape index (κ3) is 7.48. The maximum atomic E-state index is 12.8. The Morgan fingerprint density at radius 1 is 1.00 bits per heavy atom. The third-order valence-electron chi connectivity index (χ3n) is 6.35. The summed E-state index contributed by atoms with van der Waals surface area (Å²) in [6.45, 7) is 7.33. The van der Waals surface area contributed by atoms with Gasteiger partial charge in [-0.1, -0.05) is 0 Å². The van der Waals surface area contributed by atoms with Crippen LogP contribution in [-0.4, -0.2) is 43.5 Å². The van der Waals surface area contributed by atoms with Gasteiger partial charge in [0.15, 0.2) is 0 Å². The van der Waals surface area contributed by atoms with Gasteiger partial charge in [0.1, 0.15) is 5.60 Å². The molecule has 3 rings (SSSR count). The normalized spacial score (nSPS) is 23.0. The maximum absolute atomic E-state index is 12.8. The smallest absolute Gasteiger partial charge is 0.407 e. The van der Waals surface area contributed by atoms with Crippen LogP contribution in [0, 0.1) is 11.8 Å². The van der Waals surface area contributed by atoms with Gasteiger partial charge in [-0.3, -0.25) is 0 Å². The topological polar surface area (TPSA) is 53.6 Å². The summed E-state index contributed by atoms with van der Waals surface area (Å²) in [4.78, 5) is 14.0. The molecule has 1 aliphatic carbocycles. The second-order valence-electron chi connectivity index (χ2n) is 10.1. The summed E-state index contributed by atoms with van der Waals surface area (Å²) >= 11 is 0. The van der Waals surface area contributed by atoms with Gasteiger partial charge >= 0.3 is 12.3 Å². The Morgan fingerprint density at radius 3 is 2.12 bits per heavy atom. The number of alkyl carbamates (subject to hydrolysis) is 1. The fraction of sp³-hybridized carbons (Fsp3) is 0.708. The molecule has 1 aromatic carbocycles. The first kappa shape index (κ1) is 24.5. The lowest BCUT2D eigenvalue weighted by molar-refractivity contribution is -0.179. The van der Waals surface area contributed by atoms with E-state index < -0.39 is 17.7 Å². The minimum absolute atomic E-state index is 0.162. The Labute approximate surface area is 189 Å². The van der Waals surface area contributed by atoms with Crippen LogP contribution in [0.25, 0.3) is 0 Å². The molecule has 1 saturated heterocycles. The Hall–Kier alpha value is -2.12. The number of piperidine rings is 1. The minimum Gasteiger partial charge on any atom is -0.444 e. The van der Waals surface area contributed by atoms with Crippen LogP contribution in [0.2, 0.25) is 0 Å². The molecule has 1 heterocycles. The Kier molecular flexibility index (Phi) is 7.83. The molecular formula is C24H36F3N3O2. The van der Waals surface area contributed by atoms with Crippen LogP contribution in [0.4, 0.5) is 29.3 Å². The number of hydrogen-bond acceptors (Lipinski definition) is 4. The molecule has 0 spiro atoms. The van der Waals surface area contributed by atoms with Crippen LogP contribution in [0.15, 0.2) is 24.3 Å². The second-order valence-corrected chi connectivity index (χ2v) is 10.1. The zero-order valence-electron chi connectivity index (χ0n) is 19.3. The molecule has 8 heteroatoms. The van der Waals surface area contributed by atoms with Gasteiger partial charge in [-0.2, -0.15) is 13.2 Å². The molecule has 2 aliphatic rings. The predicted octanol–water partition coefficient (Wildman–Crippen LogP) is 5.96. The summed E-state index contributed by atoms with van der Waals surface area (Å²) in [7, 11) is 0. The molecule has 1 amide bonds. The van der Waals surface area contributed by atoms with Gasteiger partial charge in [0.05, 0.1) is 5.92 Å². The number of rotatable bonds is 5. The average molecular weight is 456 g/mol. The van der Waals surface area contributed by atoms with E-state index >= 15 is 0 Å². The van der Waals surface area contributed by atoms with Crippen molar-refractivity contribution < 1.29 is 22.7 Å². The molecular weight excluding hydrogens is 419 g/mol. The minimum atomic E-state index is -4.08. The van der Waals surface area contributed by atoms with Gasteiger partial charge in [0.2, 0.25) is 0 Å². The average Bonchev–Trinajstić information content (AvgIpc) is 2.72. The summed E-state index contributed by atoms with van der Waals surface area (Å²) in [5.41, 5.74) is 1.51. The van der Waals surface area contributed by atoms with Crippen LogP contribution in [0.5, 0.6) is 0 Å². The fourth-order valence-electron chi connectivity index (χ4n) is 4.50. The Morgan fingerprint density at radius 2 is 1.59 bits per heavy atom. The molecule has 1 aromatic rings. The number of nitrogens with one attached hydrogen (secondary N) is 2. The zero-order chi connectivity index (χ0) is 23.4. The van der Waals surface area contributed by atoms with E-state index in [1.807, 2.05) is 49.9 Å². The largest absolute Gasteiger partial charge is 0.444 e. The number of nitrogens with zero attached hydrogens (tertiary/aromatic N) is 1. The second kappa shape index (κ2) is 10.2. The molecule has 180 valence electrons. The van der Waals surface area contributed by atoms with E-state index in [0.29, 0.717) is 19.0 Å². The molecule has 2 fully saturated rings. The summed E-state index contributed by atoms with van der Waals surface area (Å²) < 4.78 is 43.9. The lowest BCUT2D eigenvalue weighted by Crippen LogP contribution is -2.41. The number of carbonyl (C=O) groups is 1. The summed E-state index contributed by atoms with van der Waals surface area (Å²) in [5, 5.41) is 6.45. The first-order valence-corrected chi connectivity index (χ1v) is 11.6. The van der Waals surface area contributed by atoms with E-state index in [0.717, 1.165) is 43.6 Å². The van der Waals surface area contributed by atoms with E-state index in [9.17, 15) is 18.0 Å². The van der Waals surface area contributed by atoms with E-state index in [4.69, 9.17) is 4.74 Å². The predicted molar refractivity (Wildman–Crippen MR) is 121 cm³/mol. The van der Waals surface area contributed by atoms with Crippen molar-refractivity contribution in [2.24, 2.45) is 11.8 Å². The number of ether oxygens (including phenoxy) is 1. The molecule has 1 saturated carbocycles. The van der Waals surface area contributed by atoms with Crippen LogP contribution >= 0.6 is 0 Å². The SMILES string of the molecule is CC(C)(C)OC(=O)NC1CCC(CNc2ccc(N3CCC(C(F)(F)F)CC3)cc2)CC1. The summed E-state index contributed by atoms with van der Waals surface area (Å²) in [6, 6.07) is 8.14. The van der Waals surface area contributed by atoms with Gasteiger partial charge in [-0.25, -0.2) is 4.79 Å². The van der Waals surface area contributed by atoms with Crippen LogP contribution in [-0.2, 0) is 4.74 Å². The van der Waals surface area contributed by atoms with Gasteiger partial charge < -0.3 is 20.3 Å². The van der Waals surface area contributed by atoms with E-state index in [1.165, 1.54) is 0 Å². The number of anilines is 2. The number of alkyl halides is 3. The molecule has 5 nitrogen and oxygen atoms in total. The highest BCUT2D eigenvalue weighted by Gasteiger charge is 2.41. The lowest BCUT2D eigenvalue weighted by Gasteiger charge is -2.34. The fourth-order valence-corrected chi connectivity index (χ4v) is 4.50. The number of amides is 1. The molecule has 1 aliphatic heterocycles. The number of carbonyl (C=O) groups excluding carboxylic acids is 1. The number of benzene rings is 1. The molecule has 0 aromatic heterocycles. The summed E-state index contributed by atoms with van der Waals surface area (Å²) in [5.74, 6) is -0.623. The molecule has 0 unspecified atom stereocenters. The molecule has 0 bridgehead atoms. The third-order valence-corrected chi connectivity index (χ3v) is 6.35. The van der Waals surface area contributed by atoms with Crippen molar-refractivity contribution in [1.82, 2.24) is 5.32 Å². The molecule has 0 atom stereocenters. The van der Waals surface area contributed by atoms with Crippen molar-refractivity contribution in [3.05, 3.63) is 24.3 Å². The van der Waals surface area contributed by atoms with Crippen LogP contribution < -0.4 is 15.5 Å². The van der Waals surface area contributed by atoms with Crippen molar-refractivity contribution in [3.8, 4) is 0 Å². The molecule has 0 radical (unpaired) electrons. The Balaban J connectivity index is 1.37. The van der Waals surface area contributed by atoms with Gasteiger partial charge in [0, 0.05) is 37.1 Å². The summed E-state index contributed by atoms with van der Waals surface area (Å²) in [6.07, 6.45) is -0.132. The van der Waals surface area contributed by atoms with Gasteiger partial charge in [-0.15, -0.1) is 0 Å². The quantitative estimate of drug-likeness (QED) is 0.575. The van der Waals surface area contributed by atoms with Crippen LogP contribution in [0.1, 0.15) is 59.3 Å². The van der Waals surface area contributed by atoms with Crippen molar-refractivity contribution in [2.45, 2.75) is 77.1 Å². The monoisotopic (exact) mass is 455 g/mol. The standard InChI is InChI=1S/C24H36F3N3O2/c1-23(2,3)32-22(31)29-20-6-4-17(5-7-20)16-28-19-8-10-21(11-9-19)30-14-12-18(13-15-30)24(25,26)27/h8-11,17-18,20,28H,4-7,12-16H2,1-3H3,(H,29,31). The Bertz CT molecular complexity index is 730. The van der Waals surface area contributed by atoms with E-state index in [2.05, 4.69) is 10.6 Å².